The van der Waals surface area contributed by atoms with E-state index in [0.29, 0.717) is 18.7 Å². The number of nitrogens with zero attached hydrogens (tertiary/aromatic N) is 2. The topological polar surface area (TPSA) is 59.1 Å². The van der Waals surface area contributed by atoms with Crippen molar-refractivity contribution in [3.8, 4) is 0 Å². The Balaban J connectivity index is 1.48. The summed E-state index contributed by atoms with van der Waals surface area (Å²) in [6.45, 7) is 8.62. The molecule has 2 aromatic carbocycles. The Morgan fingerprint density at radius 2 is 1.52 bits per heavy atom. The number of anilines is 1. The lowest BCUT2D eigenvalue weighted by atomic mass is 10.2. The molecule has 0 atom stereocenters. The summed E-state index contributed by atoms with van der Waals surface area (Å²) in [6.07, 6.45) is -0.257. The second-order valence-corrected chi connectivity index (χ2v) is 8.06. The third kappa shape index (κ3) is 5.98. The largest absolute Gasteiger partial charge is 0.457 e. The van der Waals surface area contributed by atoms with Gasteiger partial charge in [0.25, 0.3) is 0 Å². The lowest BCUT2D eigenvalue weighted by Crippen LogP contribution is -2.50. The highest BCUT2D eigenvalue weighted by molar-refractivity contribution is 5.89. The van der Waals surface area contributed by atoms with Crippen LogP contribution in [0.1, 0.15) is 36.7 Å². The third-order valence-corrected chi connectivity index (χ3v) is 4.61. The number of amides is 1. The summed E-state index contributed by atoms with van der Waals surface area (Å²) in [6, 6.07) is 16.9. The van der Waals surface area contributed by atoms with E-state index in [1.54, 1.807) is 17.0 Å². The summed E-state index contributed by atoms with van der Waals surface area (Å²) in [4.78, 5) is 28.2. The molecule has 0 aromatic heterocycles. The van der Waals surface area contributed by atoms with Crippen molar-refractivity contribution in [2.24, 2.45) is 0 Å². The average Bonchev–Trinajstić information content (AvgIpc) is 2.72. The molecule has 1 amide bonds. The maximum atomic E-state index is 12.2. The monoisotopic (exact) mass is 396 g/mol. The maximum absolute atomic E-state index is 12.2. The van der Waals surface area contributed by atoms with Crippen molar-refractivity contribution < 1.29 is 19.1 Å². The molecule has 29 heavy (non-hydrogen) atoms. The highest BCUT2D eigenvalue weighted by Gasteiger charge is 2.25. The van der Waals surface area contributed by atoms with Gasteiger partial charge < -0.3 is 19.3 Å². The predicted octanol–water partition coefficient (Wildman–Crippen LogP) is 4.10. The fraction of sp³-hybridized carbons (Fsp3) is 0.391. The van der Waals surface area contributed by atoms with Gasteiger partial charge in [-0.2, -0.15) is 0 Å². The number of hydrogen-bond donors (Lipinski definition) is 0. The van der Waals surface area contributed by atoms with Crippen LogP contribution >= 0.6 is 0 Å². The average molecular weight is 396 g/mol. The van der Waals surface area contributed by atoms with Crippen LogP contribution in [0.2, 0.25) is 0 Å². The highest BCUT2D eigenvalue weighted by atomic mass is 16.6. The lowest BCUT2D eigenvalue weighted by Gasteiger charge is -2.36. The molecule has 154 valence electrons. The van der Waals surface area contributed by atoms with Crippen LogP contribution in [0.15, 0.2) is 54.6 Å². The zero-order chi connectivity index (χ0) is 20.9. The summed E-state index contributed by atoms with van der Waals surface area (Å²) < 4.78 is 10.8. The van der Waals surface area contributed by atoms with Crippen molar-refractivity contribution in [3.05, 3.63) is 65.7 Å². The minimum atomic E-state index is -0.478. The third-order valence-electron chi connectivity index (χ3n) is 4.61. The predicted molar refractivity (Wildman–Crippen MR) is 112 cm³/mol. The minimum absolute atomic E-state index is 0.237. The zero-order valence-corrected chi connectivity index (χ0v) is 17.3. The second-order valence-electron chi connectivity index (χ2n) is 8.06. The molecule has 1 aliphatic rings. The van der Waals surface area contributed by atoms with Crippen molar-refractivity contribution >= 4 is 17.7 Å². The van der Waals surface area contributed by atoms with Gasteiger partial charge in [-0.05, 0) is 50.6 Å². The SMILES string of the molecule is CC(C)(C)OC(=O)N1CCN(c2ccc(COC(=O)c3ccccc3)cc2)CC1. The van der Waals surface area contributed by atoms with E-state index in [2.05, 4.69) is 4.90 Å². The lowest BCUT2D eigenvalue weighted by molar-refractivity contribution is 0.0240. The summed E-state index contributed by atoms with van der Waals surface area (Å²) in [5, 5.41) is 0. The first-order valence-corrected chi connectivity index (χ1v) is 9.86. The van der Waals surface area contributed by atoms with Crippen molar-refractivity contribution in [1.82, 2.24) is 4.90 Å². The maximum Gasteiger partial charge on any atom is 0.410 e. The summed E-state index contributed by atoms with van der Waals surface area (Å²) in [5.74, 6) is -0.326. The minimum Gasteiger partial charge on any atom is -0.457 e. The van der Waals surface area contributed by atoms with Crippen molar-refractivity contribution in [2.75, 3.05) is 31.1 Å². The smallest absolute Gasteiger partial charge is 0.410 e. The molecule has 1 aliphatic heterocycles. The van der Waals surface area contributed by atoms with Crippen molar-refractivity contribution in [1.29, 1.82) is 0 Å². The van der Waals surface area contributed by atoms with E-state index >= 15 is 0 Å². The molecule has 6 nitrogen and oxygen atoms in total. The van der Waals surface area contributed by atoms with E-state index in [9.17, 15) is 9.59 Å². The van der Waals surface area contributed by atoms with Gasteiger partial charge in [-0.3, -0.25) is 0 Å². The quantitative estimate of drug-likeness (QED) is 0.728. The van der Waals surface area contributed by atoms with E-state index in [-0.39, 0.29) is 18.7 Å². The van der Waals surface area contributed by atoms with E-state index in [0.717, 1.165) is 24.3 Å². The fourth-order valence-corrected chi connectivity index (χ4v) is 3.08. The van der Waals surface area contributed by atoms with Crippen molar-refractivity contribution in [2.45, 2.75) is 33.0 Å². The number of esters is 1. The number of hydrogen-bond acceptors (Lipinski definition) is 5. The number of carbonyl (C=O) groups is 2. The summed E-state index contributed by atoms with van der Waals surface area (Å²) >= 11 is 0. The molecule has 0 bridgehead atoms. The molecular formula is C23H28N2O4. The molecule has 1 saturated heterocycles. The van der Waals surface area contributed by atoms with Crippen LogP contribution in [0, 0.1) is 0 Å². The van der Waals surface area contributed by atoms with E-state index in [1.165, 1.54) is 0 Å². The van der Waals surface area contributed by atoms with E-state index < -0.39 is 5.60 Å². The first-order valence-electron chi connectivity index (χ1n) is 9.86. The van der Waals surface area contributed by atoms with Gasteiger partial charge in [0, 0.05) is 31.9 Å². The molecule has 0 aliphatic carbocycles. The molecule has 0 radical (unpaired) electrons. The molecule has 6 heteroatoms. The second kappa shape index (κ2) is 8.99. The Morgan fingerprint density at radius 1 is 0.897 bits per heavy atom. The van der Waals surface area contributed by atoms with Crippen LogP contribution in [0.4, 0.5) is 10.5 Å². The Kier molecular flexibility index (Phi) is 6.42. The molecule has 1 heterocycles. The molecule has 0 saturated carbocycles. The molecule has 2 aromatic rings. The van der Waals surface area contributed by atoms with Gasteiger partial charge in [-0.1, -0.05) is 30.3 Å². The zero-order valence-electron chi connectivity index (χ0n) is 17.3. The van der Waals surface area contributed by atoms with Crippen LogP contribution in [0.5, 0.6) is 0 Å². The van der Waals surface area contributed by atoms with Gasteiger partial charge in [-0.25, -0.2) is 9.59 Å². The normalized spacial score (nSPS) is 14.4. The van der Waals surface area contributed by atoms with Gasteiger partial charge in [0.2, 0.25) is 0 Å². The first kappa shape index (κ1) is 20.7. The Bertz CT molecular complexity index is 820. The van der Waals surface area contributed by atoms with Crippen LogP contribution < -0.4 is 4.90 Å². The van der Waals surface area contributed by atoms with Crippen molar-refractivity contribution in [3.63, 3.8) is 0 Å². The van der Waals surface area contributed by atoms with Gasteiger partial charge in [0.15, 0.2) is 0 Å². The number of piperazine rings is 1. The summed E-state index contributed by atoms with van der Waals surface area (Å²) in [5.41, 5.74) is 2.10. The van der Waals surface area contributed by atoms with Gasteiger partial charge in [0.1, 0.15) is 12.2 Å². The molecule has 0 unspecified atom stereocenters. The molecule has 3 rings (SSSR count). The van der Waals surface area contributed by atoms with E-state index in [4.69, 9.17) is 9.47 Å². The van der Waals surface area contributed by atoms with E-state index in [1.807, 2.05) is 63.2 Å². The van der Waals surface area contributed by atoms with Gasteiger partial charge >= 0.3 is 12.1 Å². The number of rotatable bonds is 4. The Labute approximate surface area is 172 Å². The van der Waals surface area contributed by atoms with Gasteiger partial charge in [-0.15, -0.1) is 0 Å². The number of ether oxygens (including phenoxy) is 2. The van der Waals surface area contributed by atoms with Crippen LogP contribution in [-0.4, -0.2) is 48.7 Å². The van der Waals surface area contributed by atoms with Crippen LogP contribution in [0.25, 0.3) is 0 Å². The standard InChI is InChI=1S/C23H28N2O4/c1-23(2,3)29-22(27)25-15-13-24(14-16-25)20-11-9-18(10-12-20)17-28-21(26)19-7-5-4-6-8-19/h4-12H,13-17H2,1-3H3. The fourth-order valence-electron chi connectivity index (χ4n) is 3.08. The Morgan fingerprint density at radius 3 is 2.10 bits per heavy atom. The molecule has 0 N–H and O–H groups in total. The van der Waals surface area contributed by atoms with Crippen LogP contribution in [-0.2, 0) is 16.1 Å². The number of benzene rings is 2. The summed E-state index contributed by atoms with van der Waals surface area (Å²) in [7, 11) is 0. The Hall–Kier alpha value is -3.02. The van der Waals surface area contributed by atoms with Crippen LogP contribution in [0.3, 0.4) is 0 Å². The first-order chi connectivity index (χ1) is 13.8. The number of carbonyl (C=O) groups excluding carboxylic acids is 2. The van der Waals surface area contributed by atoms with Gasteiger partial charge in [0.05, 0.1) is 5.56 Å². The molecule has 1 fully saturated rings. The molecular weight excluding hydrogens is 368 g/mol. The highest BCUT2D eigenvalue weighted by Crippen LogP contribution is 2.19. The molecule has 0 spiro atoms.